The van der Waals surface area contributed by atoms with Crippen LogP contribution >= 0.6 is 0 Å². The SMILES string of the molecule is COC(=O)Cc1nn(-c2ccc(OC)cc2)c2c1nnc1nc(C(F)(F)F)nn12. The third kappa shape index (κ3) is 3.19. The van der Waals surface area contributed by atoms with Gasteiger partial charge in [0.15, 0.2) is 11.2 Å². The summed E-state index contributed by atoms with van der Waals surface area (Å²) >= 11 is 0. The molecule has 0 bridgehead atoms. The van der Waals surface area contributed by atoms with E-state index in [4.69, 9.17) is 4.74 Å². The van der Waals surface area contributed by atoms with E-state index in [1.807, 2.05) is 0 Å². The standard InChI is InChI=1S/C16H12F3N7O3/c1-28-9-5-3-8(4-6-9)25-13-12(10(23-25)7-11(27)29-2)21-22-15-20-14(16(17,18)19)24-26(13)15/h3-6H,7H2,1-2H3. The van der Waals surface area contributed by atoms with E-state index in [0.717, 1.165) is 4.52 Å². The van der Waals surface area contributed by atoms with Crippen LogP contribution in [-0.4, -0.2) is 54.8 Å². The van der Waals surface area contributed by atoms with Crippen LogP contribution in [0.15, 0.2) is 24.3 Å². The van der Waals surface area contributed by atoms with Gasteiger partial charge in [0.05, 0.1) is 26.3 Å². The predicted molar refractivity (Wildman–Crippen MR) is 90.5 cm³/mol. The first-order valence-corrected chi connectivity index (χ1v) is 8.11. The molecule has 0 aliphatic rings. The number of aromatic nitrogens is 7. The number of halogens is 3. The molecule has 4 aromatic rings. The number of hydrogen-bond donors (Lipinski definition) is 0. The van der Waals surface area contributed by atoms with Crippen LogP contribution in [0.25, 0.3) is 22.6 Å². The Hall–Kier alpha value is -3.77. The first-order chi connectivity index (χ1) is 13.8. The second-order valence-corrected chi connectivity index (χ2v) is 5.83. The highest BCUT2D eigenvalue weighted by Gasteiger charge is 2.37. The van der Waals surface area contributed by atoms with Gasteiger partial charge in [-0.25, -0.2) is 4.68 Å². The van der Waals surface area contributed by atoms with Gasteiger partial charge in [0, 0.05) is 0 Å². The van der Waals surface area contributed by atoms with Crippen LogP contribution in [0, 0.1) is 0 Å². The van der Waals surface area contributed by atoms with Gasteiger partial charge in [0.1, 0.15) is 11.4 Å². The van der Waals surface area contributed by atoms with Crippen molar-refractivity contribution in [2.24, 2.45) is 0 Å². The maximum atomic E-state index is 13.1. The number of carbonyl (C=O) groups excluding carboxylic acids is 1. The topological polar surface area (TPSA) is 109 Å². The first kappa shape index (κ1) is 18.6. The summed E-state index contributed by atoms with van der Waals surface area (Å²) in [6.45, 7) is 0. The van der Waals surface area contributed by atoms with E-state index in [2.05, 4.69) is 30.1 Å². The number of benzene rings is 1. The Kier molecular flexibility index (Phi) is 4.28. The molecule has 0 N–H and O–H groups in total. The summed E-state index contributed by atoms with van der Waals surface area (Å²) in [5.41, 5.74) is 0.811. The molecule has 0 radical (unpaired) electrons. The third-order valence-corrected chi connectivity index (χ3v) is 4.05. The minimum absolute atomic E-state index is 0.0714. The highest BCUT2D eigenvalue weighted by molar-refractivity contribution is 5.82. The molecule has 0 fully saturated rings. The van der Waals surface area contributed by atoms with Crippen molar-refractivity contribution in [2.45, 2.75) is 12.6 Å². The van der Waals surface area contributed by atoms with E-state index in [1.165, 1.54) is 18.9 Å². The summed E-state index contributed by atoms with van der Waals surface area (Å²) in [5, 5.41) is 15.4. The van der Waals surface area contributed by atoms with E-state index in [-0.39, 0.29) is 29.1 Å². The highest BCUT2D eigenvalue weighted by Crippen LogP contribution is 2.28. The molecule has 1 aromatic carbocycles. The third-order valence-electron chi connectivity index (χ3n) is 4.05. The number of carbonyl (C=O) groups is 1. The molecule has 3 heterocycles. The molecule has 4 rings (SSSR count). The number of hydrogen-bond acceptors (Lipinski definition) is 8. The molecule has 13 heteroatoms. The van der Waals surface area contributed by atoms with Crippen LogP contribution in [0.4, 0.5) is 13.2 Å². The molecule has 0 saturated heterocycles. The van der Waals surface area contributed by atoms with Crippen LogP contribution < -0.4 is 4.74 Å². The maximum absolute atomic E-state index is 13.1. The maximum Gasteiger partial charge on any atom is 0.453 e. The lowest BCUT2D eigenvalue weighted by Gasteiger charge is -2.05. The molecule has 0 aliphatic heterocycles. The number of ether oxygens (including phenoxy) is 2. The monoisotopic (exact) mass is 407 g/mol. The summed E-state index contributed by atoms with van der Waals surface area (Å²) in [5.74, 6) is -1.74. The summed E-state index contributed by atoms with van der Waals surface area (Å²) in [6, 6.07) is 6.58. The van der Waals surface area contributed by atoms with E-state index in [0.29, 0.717) is 11.4 Å². The number of nitrogens with zero attached hydrogens (tertiary/aromatic N) is 7. The van der Waals surface area contributed by atoms with Crippen LogP contribution in [0.5, 0.6) is 5.75 Å². The van der Waals surface area contributed by atoms with E-state index in [1.54, 1.807) is 24.3 Å². The van der Waals surface area contributed by atoms with Crippen molar-refractivity contribution in [2.75, 3.05) is 14.2 Å². The smallest absolute Gasteiger partial charge is 0.453 e. The molecule has 0 amide bonds. The van der Waals surface area contributed by atoms with Crippen LogP contribution in [0.2, 0.25) is 0 Å². The highest BCUT2D eigenvalue weighted by atomic mass is 19.4. The van der Waals surface area contributed by atoms with Crippen LogP contribution in [0.1, 0.15) is 11.5 Å². The molecule has 0 unspecified atom stereocenters. The fourth-order valence-corrected chi connectivity index (χ4v) is 2.69. The summed E-state index contributed by atoms with van der Waals surface area (Å²) in [7, 11) is 2.71. The Bertz CT molecular complexity index is 1210. The second-order valence-electron chi connectivity index (χ2n) is 5.83. The Labute approximate surface area is 159 Å². The van der Waals surface area contributed by atoms with Crippen molar-refractivity contribution in [1.82, 2.24) is 34.6 Å². The first-order valence-electron chi connectivity index (χ1n) is 8.11. The minimum atomic E-state index is -4.76. The van der Waals surface area contributed by atoms with Crippen molar-refractivity contribution >= 4 is 22.9 Å². The zero-order valence-corrected chi connectivity index (χ0v) is 15.0. The van der Waals surface area contributed by atoms with Crippen molar-refractivity contribution in [3.8, 4) is 11.4 Å². The Morgan fingerprint density at radius 2 is 1.83 bits per heavy atom. The second kappa shape index (κ2) is 6.68. The fourth-order valence-electron chi connectivity index (χ4n) is 2.69. The lowest BCUT2D eigenvalue weighted by Crippen LogP contribution is -2.08. The molecule has 29 heavy (non-hydrogen) atoms. The van der Waals surface area contributed by atoms with Crippen molar-refractivity contribution in [1.29, 1.82) is 0 Å². The molecule has 0 aliphatic carbocycles. The summed E-state index contributed by atoms with van der Waals surface area (Å²) in [4.78, 5) is 15.1. The Balaban J connectivity index is 2.00. The molecule has 10 nitrogen and oxygen atoms in total. The number of alkyl halides is 3. The lowest BCUT2D eigenvalue weighted by molar-refractivity contribution is -0.144. The largest absolute Gasteiger partial charge is 0.497 e. The molecular weight excluding hydrogens is 395 g/mol. The molecular formula is C16H12F3N7O3. The van der Waals surface area contributed by atoms with Gasteiger partial charge in [0.25, 0.3) is 11.6 Å². The zero-order chi connectivity index (χ0) is 20.8. The van der Waals surface area contributed by atoms with Gasteiger partial charge < -0.3 is 9.47 Å². The zero-order valence-electron chi connectivity index (χ0n) is 15.0. The molecule has 0 atom stereocenters. The summed E-state index contributed by atoms with van der Waals surface area (Å²) in [6.07, 6.45) is -5.02. The van der Waals surface area contributed by atoms with Crippen LogP contribution in [-0.2, 0) is 22.1 Å². The van der Waals surface area contributed by atoms with Gasteiger partial charge in [-0.1, -0.05) is 0 Å². The molecule has 3 aromatic heterocycles. The minimum Gasteiger partial charge on any atom is -0.497 e. The van der Waals surface area contributed by atoms with Gasteiger partial charge in [0.2, 0.25) is 0 Å². The Morgan fingerprint density at radius 1 is 1.10 bits per heavy atom. The quantitative estimate of drug-likeness (QED) is 0.470. The van der Waals surface area contributed by atoms with E-state index >= 15 is 0 Å². The van der Waals surface area contributed by atoms with Crippen molar-refractivity contribution in [3.63, 3.8) is 0 Å². The van der Waals surface area contributed by atoms with Gasteiger partial charge in [-0.2, -0.15) is 27.8 Å². The van der Waals surface area contributed by atoms with Gasteiger partial charge >= 0.3 is 12.1 Å². The predicted octanol–water partition coefficient (Wildman–Crippen LogP) is 1.60. The van der Waals surface area contributed by atoms with Gasteiger partial charge in [-0.15, -0.1) is 15.3 Å². The normalized spacial score (nSPS) is 11.9. The fraction of sp³-hybridized carbons (Fsp3) is 0.250. The number of rotatable bonds is 4. The molecule has 0 saturated carbocycles. The number of fused-ring (bicyclic) bond motifs is 3. The molecule has 150 valence electrons. The van der Waals surface area contributed by atoms with Gasteiger partial charge in [-0.05, 0) is 24.3 Å². The van der Waals surface area contributed by atoms with Crippen molar-refractivity contribution in [3.05, 3.63) is 35.8 Å². The van der Waals surface area contributed by atoms with E-state index < -0.39 is 18.0 Å². The van der Waals surface area contributed by atoms with Crippen molar-refractivity contribution < 1.29 is 27.4 Å². The summed E-state index contributed by atoms with van der Waals surface area (Å²) < 4.78 is 51.2. The molecule has 0 spiro atoms. The van der Waals surface area contributed by atoms with E-state index in [9.17, 15) is 18.0 Å². The lowest BCUT2D eigenvalue weighted by atomic mass is 10.3. The van der Waals surface area contributed by atoms with Crippen LogP contribution in [0.3, 0.4) is 0 Å². The average Bonchev–Trinajstić information content (AvgIpc) is 3.29. The Morgan fingerprint density at radius 3 is 2.45 bits per heavy atom. The average molecular weight is 407 g/mol. The number of methoxy groups -OCH3 is 2. The van der Waals surface area contributed by atoms with Gasteiger partial charge in [-0.3, -0.25) is 4.79 Å². The number of esters is 1.